The molecule has 0 amide bonds. The Labute approximate surface area is 80.5 Å². The Morgan fingerprint density at radius 1 is 1.43 bits per heavy atom. The first kappa shape index (κ1) is 10.6. The number of benzene rings is 1. The summed E-state index contributed by atoms with van der Waals surface area (Å²) in [6.07, 6.45) is 0.751. The van der Waals surface area contributed by atoms with Gasteiger partial charge >= 0.3 is 6.61 Å². The van der Waals surface area contributed by atoms with E-state index in [1.54, 1.807) is 19.1 Å². The van der Waals surface area contributed by atoms with Crippen LogP contribution in [-0.4, -0.2) is 12.9 Å². The summed E-state index contributed by atoms with van der Waals surface area (Å²) in [5.41, 5.74) is 0.665. The molecule has 0 aromatic heterocycles. The van der Waals surface area contributed by atoms with Gasteiger partial charge in [-0.3, -0.25) is 0 Å². The molecular weight excluding hydrogens is 190 g/mol. The molecule has 0 saturated heterocycles. The second kappa shape index (κ2) is 4.69. The molecule has 76 valence electrons. The maximum Gasteiger partial charge on any atom is 0.387 e. The van der Waals surface area contributed by atoms with E-state index in [1.165, 1.54) is 12.1 Å². The van der Waals surface area contributed by atoms with Crippen LogP contribution >= 0.6 is 0 Å². The monoisotopic (exact) mass is 200 g/mol. The predicted octanol–water partition coefficient (Wildman–Crippen LogP) is 2.59. The van der Waals surface area contributed by atoms with E-state index in [-0.39, 0.29) is 11.7 Å². The van der Waals surface area contributed by atoms with Crippen LogP contribution in [0, 0.1) is 0 Å². The Kier molecular flexibility index (Phi) is 3.56. The number of alkyl halides is 2. The second-order valence-electron chi connectivity index (χ2n) is 2.88. The topological polar surface area (TPSA) is 26.3 Å². The fourth-order valence-electron chi connectivity index (χ4n) is 1.05. The number of aldehydes is 1. The van der Waals surface area contributed by atoms with Gasteiger partial charge in [0.1, 0.15) is 12.0 Å². The van der Waals surface area contributed by atoms with Crippen molar-refractivity contribution in [2.75, 3.05) is 0 Å². The lowest BCUT2D eigenvalue weighted by Crippen LogP contribution is -2.03. The van der Waals surface area contributed by atoms with Gasteiger partial charge in [-0.2, -0.15) is 8.78 Å². The van der Waals surface area contributed by atoms with Crippen LogP contribution in [-0.2, 0) is 4.79 Å². The fourth-order valence-corrected chi connectivity index (χ4v) is 1.05. The van der Waals surface area contributed by atoms with Crippen LogP contribution in [0.2, 0.25) is 0 Å². The molecule has 0 spiro atoms. The third-order valence-corrected chi connectivity index (χ3v) is 1.81. The predicted molar refractivity (Wildman–Crippen MR) is 47.6 cm³/mol. The smallest absolute Gasteiger partial charge is 0.387 e. The van der Waals surface area contributed by atoms with Crippen molar-refractivity contribution in [3.63, 3.8) is 0 Å². The Hall–Kier alpha value is -1.45. The van der Waals surface area contributed by atoms with Crippen LogP contribution in [0.15, 0.2) is 24.3 Å². The average Bonchev–Trinajstić information content (AvgIpc) is 2.16. The Morgan fingerprint density at radius 2 is 2.14 bits per heavy atom. The molecule has 0 aliphatic carbocycles. The van der Waals surface area contributed by atoms with E-state index in [1.807, 2.05) is 0 Å². The molecule has 14 heavy (non-hydrogen) atoms. The van der Waals surface area contributed by atoms with E-state index in [0.717, 1.165) is 6.29 Å². The number of hydrogen-bond donors (Lipinski definition) is 0. The normalized spacial score (nSPS) is 12.6. The van der Waals surface area contributed by atoms with E-state index in [9.17, 15) is 13.6 Å². The van der Waals surface area contributed by atoms with Gasteiger partial charge < -0.3 is 9.53 Å². The van der Waals surface area contributed by atoms with Crippen molar-refractivity contribution in [1.82, 2.24) is 0 Å². The number of carbonyl (C=O) groups is 1. The standard InChI is InChI=1S/C10H10F2O2/c1-7(6-13)8-3-2-4-9(5-8)14-10(11)12/h2-7,10H,1H3. The minimum Gasteiger partial charge on any atom is -0.435 e. The van der Waals surface area contributed by atoms with Crippen molar-refractivity contribution >= 4 is 6.29 Å². The summed E-state index contributed by atoms with van der Waals surface area (Å²) < 4.78 is 27.9. The van der Waals surface area contributed by atoms with Crippen LogP contribution in [0.4, 0.5) is 8.78 Å². The SMILES string of the molecule is CC(C=O)c1cccc(OC(F)F)c1. The molecule has 0 aliphatic rings. The molecule has 0 N–H and O–H groups in total. The Bertz CT molecular complexity index is 313. The quantitative estimate of drug-likeness (QED) is 0.698. The fraction of sp³-hybridized carbons (Fsp3) is 0.300. The highest BCUT2D eigenvalue weighted by molar-refractivity contribution is 5.61. The molecule has 1 aromatic carbocycles. The number of ether oxygens (including phenoxy) is 1. The van der Waals surface area contributed by atoms with E-state index in [4.69, 9.17) is 0 Å². The molecule has 1 unspecified atom stereocenters. The summed E-state index contributed by atoms with van der Waals surface area (Å²) in [5, 5.41) is 0. The molecular formula is C10H10F2O2. The van der Waals surface area contributed by atoms with Gasteiger partial charge in [0.25, 0.3) is 0 Å². The van der Waals surface area contributed by atoms with Crippen molar-refractivity contribution in [2.24, 2.45) is 0 Å². The largest absolute Gasteiger partial charge is 0.435 e. The molecule has 2 nitrogen and oxygen atoms in total. The Morgan fingerprint density at radius 3 is 2.71 bits per heavy atom. The molecule has 0 fully saturated rings. The highest BCUT2D eigenvalue weighted by atomic mass is 19.3. The van der Waals surface area contributed by atoms with Gasteiger partial charge in [-0.1, -0.05) is 19.1 Å². The first-order chi connectivity index (χ1) is 6.63. The van der Waals surface area contributed by atoms with Crippen LogP contribution in [0.3, 0.4) is 0 Å². The molecule has 0 aliphatic heterocycles. The molecule has 0 heterocycles. The molecule has 4 heteroatoms. The summed E-state index contributed by atoms with van der Waals surface area (Å²) in [6.45, 7) is -1.15. The number of rotatable bonds is 4. The third-order valence-electron chi connectivity index (χ3n) is 1.81. The minimum absolute atomic E-state index is 0.0752. The second-order valence-corrected chi connectivity index (χ2v) is 2.88. The zero-order chi connectivity index (χ0) is 10.6. The van der Waals surface area contributed by atoms with E-state index >= 15 is 0 Å². The van der Waals surface area contributed by atoms with Gasteiger partial charge in [0.05, 0.1) is 0 Å². The van der Waals surface area contributed by atoms with Crippen LogP contribution in [0.5, 0.6) is 5.75 Å². The van der Waals surface area contributed by atoms with E-state index in [2.05, 4.69) is 4.74 Å². The van der Waals surface area contributed by atoms with Crippen molar-refractivity contribution in [1.29, 1.82) is 0 Å². The first-order valence-electron chi connectivity index (χ1n) is 4.13. The van der Waals surface area contributed by atoms with Crippen molar-refractivity contribution in [2.45, 2.75) is 19.5 Å². The van der Waals surface area contributed by atoms with Gasteiger partial charge in [-0.05, 0) is 17.7 Å². The lowest BCUT2D eigenvalue weighted by atomic mass is 10.0. The summed E-state index contributed by atoms with van der Waals surface area (Å²) in [7, 11) is 0. The zero-order valence-electron chi connectivity index (χ0n) is 7.61. The van der Waals surface area contributed by atoms with Gasteiger partial charge in [0.2, 0.25) is 0 Å². The number of hydrogen-bond acceptors (Lipinski definition) is 2. The molecule has 0 saturated carbocycles. The number of carbonyl (C=O) groups excluding carboxylic acids is 1. The molecule has 0 bridgehead atoms. The summed E-state index contributed by atoms with van der Waals surface area (Å²) in [4.78, 5) is 10.4. The number of halogens is 2. The van der Waals surface area contributed by atoms with Gasteiger partial charge in [-0.25, -0.2) is 0 Å². The van der Waals surface area contributed by atoms with Crippen LogP contribution in [0.1, 0.15) is 18.4 Å². The third kappa shape index (κ3) is 2.80. The van der Waals surface area contributed by atoms with Crippen molar-refractivity contribution in [3.8, 4) is 5.75 Å². The van der Waals surface area contributed by atoms with Gasteiger partial charge in [0, 0.05) is 5.92 Å². The average molecular weight is 200 g/mol. The molecule has 0 radical (unpaired) electrons. The van der Waals surface area contributed by atoms with E-state index in [0.29, 0.717) is 5.56 Å². The summed E-state index contributed by atoms with van der Waals surface area (Å²) in [6, 6.07) is 6.13. The highest BCUT2D eigenvalue weighted by Crippen LogP contribution is 2.20. The summed E-state index contributed by atoms with van der Waals surface area (Å²) in [5.74, 6) is -0.234. The maximum atomic E-state index is 11.8. The maximum absolute atomic E-state index is 11.8. The van der Waals surface area contributed by atoms with Crippen molar-refractivity contribution < 1.29 is 18.3 Å². The van der Waals surface area contributed by atoms with Gasteiger partial charge in [0.15, 0.2) is 0 Å². The van der Waals surface area contributed by atoms with E-state index < -0.39 is 6.61 Å². The molecule has 1 atom stereocenters. The highest BCUT2D eigenvalue weighted by Gasteiger charge is 2.07. The van der Waals surface area contributed by atoms with Crippen LogP contribution in [0.25, 0.3) is 0 Å². The molecule has 1 rings (SSSR count). The molecule has 1 aromatic rings. The minimum atomic E-state index is -2.84. The zero-order valence-corrected chi connectivity index (χ0v) is 7.61. The van der Waals surface area contributed by atoms with Crippen LogP contribution < -0.4 is 4.74 Å². The first-order valence-corrected chi connectivity index (χ1v) is 4.13. The Balaban J connectivity index is 2.83. The van der Waals surface area contributed by atoms with Crippen molar-refractivity contribution in [3.05, 3.63) is 29.8 Å². The summed E-state index contributed by atoms with van der Waals surface area (Å²) >= 11 is 0. The van der Waals surface area contributed by atoms with Gasteiger partial charge in [-0.15, -0.1) is 0 Å². The lowest BCUT2D eigenvalue weighted by molar-refractivity contribution is -0.108. The lowest BCUT2D eigenvalue weighted by Gasteiger charge is -2.07.